The SMILES string of the molecule is O=C(O)c1cc(S(=O)(=O)NNC(=O)c2cccc3ccccc23)cc(F)c1F. The molecule has 0 atom stereocenters. The van der Waals surface area contributed by atoms with E-state index < -0.39 is 44.0 Å². The molecule has 0 aliphatic carbocycles. The minimum atomic E-state index is -4.56. The normalized spacial score (nSPS) is 11.4. The lowest BCUT2D eigenvalue weighted by Gasteiger charge is -2.11. The predicted molar refractivity (Wildman–Crippen MR) is 95.1 cm³/mol. The Morgan fingerprint density at radius 1 is 0.929 bits per heavy atom. The van der Waals surface area contributed by atoms with Crippen LogP contribution in [0.3, 0.4) is 0 Å². The number of halogens is 2. The fourth-order valence-electron chi connectivity index (χ4n) is 2.54. The number of carbonyl (C=O) groups is 2. The highest BCUT2D eigenvalue weighted by Crippen LogP contribution is 2.20. The van der Waals surface area contributed by atoms with Crippen molar-refractivity contribution in [3.05, 3.63) is 77.4 Å². The summed E-state index contributed by atoms with van der Waals surface area (Å²) in [5.41, 5.74) is 0.998. The topological polar surface area (TPSA) is 113 Å². The number of hydrogen-bond acceptors (Lipinski definition) is 4. The zero-order chi connectivity index (χ0) is 20.5. The van der Waals surface area contributed by atoms with E-state index in [-0.39, 0.29) is 5.56 Å². The van der Waals surface area contributed by atoms with Gasteiger partial charge in [-0.2, -0.15) is 0 Å². The molecule has 0 unspecified atom stereocenters. The van der Waals surface area contributed by atoms with E-state index in [9.17, 15) is 26.8 Å². The summed E-state index contributed by atoms with van der Waals surface area (Å²) in [7, 11) is -4.56. The molecule has 144 valence electrons. The van der Waals surface area contributed by atoms with E-state index in [2.05, 4.69) is 0 Å². The summed E-state index contributed by atoms with van der Waals surface area (Å²) >= 11 is 0. The number of aromatic carboxylic acids is 1. The zero-order valence-corrected chi connectivity index (χ0v) is 14.8. The Hall–Kier alpha value is -3.37. The van der Waals surface area contributed by atoms with E-state index in [4.69, 9.17) is 5.11 Å². The lowest BCUT2D eigenvalue weighted by atomic mass is 10.0. The van der Waals surface area contributed by atoms with Crippen molar-refractivity contribution in [2.75, 3.05) is 0 Å². The van der Waals surface area contributed by atoms with E-state index in [0.29, 0.717) is 17.5 Å². The second-order valence-electron chi connectivity index (χ2n) is 5.66. The number of sulfonamides is 1. The van der Waals surface area contributed by atoms with Crippen LogP contribution in [0.4, 0.5) is 8.78 Å². The number of carboxylic acid groups (broad SMARTS) is 1. The maximum atomic E-state index is 13.6. The van der Waals surface area contributed by atoms with Crippen LogP contribution in [0.5, 0.6) is 0 Å². The molecule has 0 saturated heterocycles. The second-order valence-corrected chi connectivity index (χ2v) is 7.34. The van der Waals surface area contributed by atoms with Gasteiger partial charge in [-0.3, -0.25) is 10.2 Å². The summed E-state index contributed by atoms with van der Waals surface area (Å²) < 4.78 is 51.5. The maximum Gasteiger partial charge on any atom is 0.338 e. The molecule has 10 heteroatoms. The first-order valence-corrected chi connectivity index (χ1v) is 9.21. The highest BCUT2D eigenvalue weighted by molar-refractivity contribution is 7.89. The van der Waals surface area contributed by atoms with E-state index in [1.165, 1.54) is 6.07 Å². The number of hydrogen-bond donors (Lipinski definition) is 3. The van der Waals surface area contributed by atoms with Gasteiger partial charge in [-0.1, -0.05) is 36.4 Å². The van der Waals surface area contributed by atoms with Crippen molar-refractivity contribution in [2.45, 2.75) is 4.90 Å². The Kier molecular flexibility index (Phi) is 5.08. The first kappa shape index (κ1) is 19.4. The van der Waals surface area contributed by atoms with Crippen LogP contribution in [-0.2, 0) is 10.0 Å². The average molecular weight is 406 g/mol. The third-order valence-corrected chi connectivity index (χ3v) is 5.10. The Bertz CT molecular complexity index is 1210. The minimum Gasteiger partial charge on any atom is -0.478 e. The summed E-state index contributed by atoms with van der Waals surface area (Å²) in [5, 5.41) is 10.2. The van der Waals surface area contributed by atoms with Gasteiger partial charge in [0.05, 0.1) is 10.5 Å². The zero-order valence-electron chi connectivity index (χ0n) is 13.9. The summed E-state index contributed by atoms with van der Waals surface area (Å²) in [6, 6.07) is 12.5. The van der Waals surface area contributed by atoms with Gasteiger partial charge in [-0.25, -0.2) is 22.0 Å². The average Bonchev–Trinajstić information content (AvgIpc) is 2.67. The highest BCUT2D eigenvalue weighted by atomic mass is 32.2. The van der Waals surface area contributed by atoms with Gasteiger partial charge in [0.1, 0.15) is 0 Å². The third-order valence-electron chi connectivity index (χ3n) is 3.88. The molecular formula is C18H12F2N2O5S. The maximum absolute atomic E-state index is 13.6. The quantitative estimate of drug-likeness (QED) is 0.564. The number of nitrogens with one attached hydrogen (secondary N) is 2. The molecule has 3 aromatic carbocycles. The van der Waals surface area contributed by atoms with Gasteiger partial charge in [-0.15, -0.1) is 4.83 Å². The van der Waals surface area contributed by atoms with Crippen molar-refractivity contribution in [1.29, 1.82) is 0 Å². The van der Waals surface area contributed by atoms with Gasteiger partial charge in [0.15, 0.2) is 11.6 Å². The third kappa shape index (κ3) is 3.68. The lowest BCUT2D eigenvalue weighted by molar-refractivity contribution is 0.0690. The van der Waals surface area contributed by atoms with Gasteiger partial charge in [0.2, 0.25) is 0 Å². The van der Waals surface area contributed by atoms with E-state index >= 15 is 0 Å². The molecule has 0 radical (unpaired) electrons. The van der Waals surface area contributed by atoms with Gasteiger partial charge in [0.25, 0.3) is 15.9 Å². The standard InChI is InChI=1S/C18H12F2N2O5S/c19-15-9-11(8-14(16(15)20)18(24)25)28(26,27)22-21-17(23)13-7-3-5-10-4-1-2-6-12(10)13/h1-9,22H,(H,21,23)(H,24,25). The number of amides is 1. The lowest BCUT2D eigenvalue weighted by Crippen LogP contribution is -2.41. The van der Waals surface area contributed by atoms with Gasteiger partial charge in [0, 0.05) is 5.56 Å². The number of carboxylic acids is 1. The first-order chi connectivity index (χ1) is 13.2. The van der Waals surface area contributed by atoms with Gasteiger partial charge < -0.3 is 5.11 Å². The summed E-state index contributed by atoms with van der Waals surface area (Å²) in [5.74, 6) is -5.97. The summed E-state index contributed by atoms with van der Waals surface area (Å²) in [4.78, 5) is 24.2. The van der Waals surface area contributed by atoms with Crippen LogP contribution >= 0.6 is 0 Å². The fourth-order valence-corrected chi connectivity index (χ4v) is 3.41. The highest BCUT2D eigenvalue weighted by Gasteiger charge is 2.23. The molecule has 7 nitrogen and oxygen atoms in total. The largest absolute Gasteiger partial charge is 0.478 e. The molecule has 0 aliphatic heterocycles. The minimum absolute atomic E-state index is 0.178. The molecule has 0 bridgehead atoms. The number of hydrazine groups is 1. The molecule has 28 heavy (non-hydrogen) atoms. The van der Waals surface area contributed by atoms with Crippen LogP contribution in [0.25, 0.3) is 10.8 Å². The van der Waals surface area contributed by atoms with Gasteiger partial charge in [-0.05, 0) is 29.0 Å². The van der Waals surface area contributed by atoms with Crippen molar-refractivity contribution in [2.24, 2.45) is 0 Å². The van der Waals surface area contributed by atoms with E-state index in [0.717, 1.165) is 5.39 Å². The molecule has 0 spiro atoms. The molecule has 3 aromatic rings. The Labute approximate surface area is 157 Å². The summed E-state index contributed by atoms with van der Waals surface area (Å²) in [6.45, 7) is 0. The number of rotatable bonds is 5. The van der Waals surface area contributed by atoms with Crippen LogP contribution < -0.4 is 10.3 Å². The second kappa shape index (κ2) is 7.33. The van der Waals surface area contributed by atoms with E-state index in [1.807, 2.05) is 5.43 Å². The van der Waals surface area contributed by atoms with Crippen LogP contribution in [0.15, 0.2) is 59.5 Å². The van der Waals surface area contributed by atoms with Crippen molar-refractivity contribution >= 4 is 32.7 Å². The van der Waals surface area contributed by atoms with Crippen LogP contribution in [0.1, 0.15) is 20.7 Å². The van der Waals surface area contributed by atoms with Crippen molar-refractivity contribution in [1.82, 2.24) is 10.3 Å². The molecule has 0 heterocycles. The molecule has 3 N–H and O–H groups in total. The van der Waals surface area contributed by atoms with Crippen molar-refractivity contribution in [3.8, 4) is 0 Å². The fraction of sp³-hybridized carbons (Fsp3) is 0. The molecule has 0 saturated carbocycles. The van der Waals surface area contributed by atoms with Crippen molar-refractivity contribution in [3.63, 3.8) is 0 Å². The molecule has 0 aromatic heterocycles. The number of benzene rings is 3. The Morgan fingerprint density at radius 2 is 1.61 bits per heavy atom. The van der Waals surface area contributed by atoms with E-state index in [1.54, 1.807) is 41.2 Å². The van der Waals surface area contributed by atoms with Gasteiger partial charge >= 0.3 is 5.97 Å². The molecule has 0 aliphatic rings. The smallest absolute Gasteiger partial charge is 0.338 e. The van der Waals surface area contributed by atoms with Crippen LogP contribution in [0.2, 0.25) is 0 Å². The van der Waals surface area contributed by atoms with Crippen LogP contribution in [0, 0.1) is 11.6 Å². The summed E-state index contributed by atoms with van der Waals surface area (Å²) in [6.07, 6.45) is 0. The molecule has 0 fully saturated rings. The first-order valence-electron chi connectivity index (χ1n) is 7.73. The van der Waals surface area contributed by atoms with Crippen molar-refractivity contribution < 1.29 is 31.9 Å². The number of carbonyl (C=O) groups excluding carboxylic acids is 1. The Balaban J connectivity index is 1.87. The monoisotopic (exact) mass is 406 g/mol. The molecule has 1 amide bonds. The Morgan fingerprint density at radius 3 is 2.32 bits per heavy atom. The van der Waals surface area contributed by atoms with Crippen LogP contribution in [-0.4, -0.2) is 25.4 Å². The molecular weight excluding hydrogens is 394 g/mol. The molecule has 3 rings (SSSR count). The number of fused-ring (bicyclic) bond motifs is 1. The predicted octanol–water partition coefficient (Wildman–Crippen LogP) is 2.44.